The third kappa shape index (κ3) is 3.15. The molecule has 3 rings (SSSR count). The standard InChI is InChI=1S/C12H16N4O2.ClH/c13-6-9-3-4-16(7-9)8-11-14-12(15-18-11)10-2-1-5-17-10;/h1-2,5,9H,3-4,6-8,13H2;1H. The highest BCUT2D eigenvalue weighted by atomic mass is 35.5. The van der Waals surface area contributed by atoms with Gasteiger partial charge in [-0.2, -0.15) is 4.98 Å². The Kier molecular flexibility index (Phi) is 4.57. The zero-order valence-electron chi connectivity index (χ0n) is 10.5. The first-order chi connectivity index (χ1) is 8.85. The van der Waals surface area contributed by atoms with Crippen molar-refractivity contribution in [1.29, 1.82) is 0 Å². The molecule has 1 fully saturated rings. The third-order valence-electron chi connectivity index (χ3n) is 3.27. The summed E-state index contributed by atoms with van der Waals surface area (Å²) in [5, 5.41) is 3.91. The van der Waals surface area contributed by atoms with E-state index in [0.29, 0.717) is 29.9 Å². The molecule has 3 heterocycles. The fourth-order valence-electron chi connectivity index (χ4n) is 2.27. The van der Waals surface area contributed by atoms with Crippen LogP contribution in [0.2, 0.25) is 0 Å². The lowest BCUT2D eigenvalue weighted by Gasteiger charge is -2.11. The molecule has 1 unspecified atom stereocenters. The summed E-state index contributed by atoms with van der Waals surface area (Å²) in [6, 6.07) is 3.62. The lowest BCUT2D eigenvalue weighted by atomic mass is 10.1. The van der Waals surface area contributed by atoms with Gasteiger partial charge in [0.15, 0.2) is 5.76 Å². The predicted molar refractivity (Wildman–Crippen MR) is 71.7 cm³/mol. The van der Waals surface area contributed by atoms with Crippen molar-refractivity contribution in [2.45, 2.75) is 13.0 Å². The highest BCUT2D eigenvalue weighted by molar-refractivity contribution is 5.85. The third-order valence-corrected chi connectivity index (χ3v) is 3.27. The average Bonchev–Trinajstić information content (AvgIpc) is 3.10. The lowest BCUT2D eigenvalue weighted by molar-refractivity contribution is 0.261. The fourth-order valence-corrected chi connectivity index (χ4v) is 2.27. The Bertz CT molecular complexity index is 500. The quantitative estimate of drug-likeness (QED) is 0.917. The molecule has 1 aliphatic heterocycles. The molecule has 0 radical (unpaired) electrons. The second-order valence-corrected chi connectivity index (χ2v) is 4.61. The van der Waals surface area contributed by atoms with Crippen LogP contribution >= 0.6 is 12.4 Å². The number of nitrogens with two attached hydrogens (primary N) is 1. The van der Waals surface area contributed by atoms with Gasteiger partial charge in [-0.05, 0) is 37.6 Å². The number of halogens is 1. The molecule has 0 aliphatic carbocycles. The SMILES string of the molecule is Cl.NCC1CCN(Cc2nc(-c3ccco3)no2)C1. The Labute approximate surface area is 117 Å². The smallest absolute Gasteiger partial charge is 0.241 e. The topological polar surface area (TPSA) is 81.3 Å². The van der Waals surface area contributed by atoms with E-state index in [1.165, 1.54) is 0 Å². The summed E-state index contributed by atoms with van der Waals surface area (Å²) in [6.07, 6.45) is 2.74. The number of rotatable bonds is 4. The molecule has 0 bridgehead atoms. The van der Waals surface area contributed by atoms with Crippen molar-refractivity contribution >= 4 is 12.4 Å². The van der Waals surface area contributed by atoms with E-state index >= 15 is 0 Å². The molecule has 2 aromatic rings. The van der Waals surface area contributed by atoms with E-state index in [-0.39, 0.29) is 12.4 Å². The Morgan fingerprint density at radius 3 is 3.05 bits per heavy atom. The molecule has 0 spiro atoms. The minimum Gasteiger partial charge on any atom is -0.461 e. The van der Waals surface area contributed by atoms with Crippen molar-refractivity contribution in [2.75, 3.05) is 19.6 Å². The summed E-state index contributed by atoms with van der Waals surface area (Å²) in [7, 11) is 0. The van der Waals surface area contributed by atoms with Crippen LogP contribution in [0.4, 0.5) is 0 Å². The van der Waals surface area contributed by atoms with Gasteiger partial charge >= 0.3 is 0 Å². The van der Waals surface area contributed by atoms with Crippen LogP contribution in [0.15, 0.2) is 27.3 Å². The van der Waals surface area contributed by atoms with Crippen molar-refractivity contribution in [3.05, 3.63) is 24.3 Å². The number of furan rings is 1. The van der Waals surface area contributed by atoms with E-state index in [2.05, 4.69) is 15.0 Å². The van der Waals surface area contributed by atoms with Gasteiger partial charge in [0.1, 0.15) is 0 Å². The van der Waals surface area contributed by atoms with Gasteiger partial charge in [0.25, 0.3) is 0 Å². The fraction of sp³-hybridized carbons (Fsp3) is 0.500. The van der Waals surface area contributed by atoms with Crippen molar-refractivity contribution in [3.8, 4) is 11.6 Å². The summed E-state index contributed by atoms with van der Waals surface area (Å²) in [5.74, 6) is 2.35. The van der Waals surface area contributed by atoms with E-state index in [1.807, 2.05) is 6.07 Å². The number of aromatic nitrogens is 2. The first-order valence-corrected chi connectivity index (χ1v) is 6.14. The van der Waals surface area contributed by atoms with Crippen molar-refractivity contribution in [1.82, 2.24) is 15.0 Å². The van der Waals surface area contributed by atoms with Crippen molar-refractivity contribution < 1.29 is 8.94 Å². The van der Waals surface area contributed by atoms with E-state index < -0.39 is 0 Å². The van der Waals surface area contributed by atoms with Gasteiger partial charge in [0.2, 0.25) is 11.7 Å². The van der Waals surface area contributed by atoms with Crippen LogP contribution in [-0.4, -0.2) is 34.7 Å². The number of hydrogen-bond acceptors (Lipinski definition) is 6. The summed E-state index contributed by atoms with van der Waals surface area (Å²) >= 11 is 0. The van der Waals surface area contributed by atoms with Gasteiger partial charge in [-0.15, -0.1) is 12.4 Å². The highest BCUT2D eigenvalue weighted by Crippen LogP contribution is 2.19. The van der Waals surface area contributed by atoms with Crippen LogP contribution in [0.25, 0.3) is 11.6 Å². The minimum atomic E-state index is 0. The lowest BCUT2D eigenvalue weighted by Crippen LogP contribution is -2.22. The predicted octanol–water partition coefficient (Wildman–Crippen LogP) is 1.53. The molecular weight excluding hydrogens is 268 g/mol. The van der Waals surface area contributed by atoms with Gasteiger partial charge in [-0.1, -0.05) is 5.16 Å². The second-order valence-electron chi connectivity index (χ2n) is 4.61. The van der Waals surface area contributed by atoms with Crippen LogP contribution in [0.3, 0.4) is 0 Å². The Balaban J connectivity index is 0.00000133. The van der Waals surface area contributed by atoms with E-state index in [1.54, 1.807) is 12.3 Å². The van der Waals surface area contributed by atoms with E-state index in [4.69, 9.17) is 14.7 Å². The maximum atomic E-state index is 5.67. The highest BCUT2D eigenvalue weighted by Gasteiger charge is 2.23. The summed E-state index contributed by atoms with van der Waals surface area (Å²) < 4.78 is 10.4. The molecule has 0 aromatic carbocycles. The minimum absolute atomic E-state index is 0. The maximum absolute atomic E-state index is 5.67. The largest absolute Gasteiger partial charge is 0.461 e. The van der Waals surface area contributed by atoms with Crippen LogP contribution in [-0.2, 0) is 6.54 Å². The van der Waals surface area contributed by atoms with Crippen LogP contribution in [0.1, 0.15) is 12.3 Å². The summed E-state index contributed by atoms with van der Waals surface area (Å²) in [6.45, 7) is 3.48. The Hall–Kier alpha value is -1.37. The second kappa shape index (κ2) is 6.18. The molecule has 7 heteroatoms. The van der Waals surface area contributed by atoms with Crippen LogP contribution in [0, 0.1) is 5.92 Å². The summed E-state index contributed by atoms with van der Waals surface area (Å²) in [5.41, 5.74) is 5.67. The van der Waals surface area contributed by atoms with Crippen molar-refractivity contribution in [2.24, 2.45) is 11.7 Å². The molecule has 0 amide bonds. The number of nitrogens with zero attached hydrogens (tertiary/aromatic N) is 3. The Morgan fingerprint density at radius 1 is 1.47 bits per heavy atom. The molecule has 1 atom stereocenters. The molecule has 1 saturated heterocycles. The molecule has 1 aliphatic rings. The van der Waals surface area contributed by atoms with Gasteiger partial charge < -0.3 is 14.7 Å². The van der Waals surface area contributed by atoms with Gasteiger partial charge in [0.05, 0.1) is 12.8 Å². The number of likely N-dealkylation sites (tertiary alicyclic amines) is 1. The van der Waals surface area contributed by atoms with Gasteiger partial charge in [-0.25, -0.2) is 0 Å². The normalized spacial score (nSPS) is 19.5. The molecule has 2 aromatic heterocycles. The first-order valence-electron chi connectivity index (χ1n) is 6.14. The average molecular weight is 285 g/mol. The first kappa shape index (κ1) is 14.0. The van der Waals surface area contributed by atoms with E-state index in [9.17, 15) is 0 Å². The zero-order chi connectivity index (χ0) is 12.4. The molecular formula is C12H17ClN4O2. The molecule has 2 N–H and O–H groups in total. The number of hydrogen-bond donors (Lipinski definition) is 1. The monoisotopic (exact) mass is 284 g/mol. The Morgan fingerprint density at radius 2 is 2.37 bits per heavy atom. The summed E-state index contributed by atoms with van der Waals surface area (Å²) in [4.78, 5) is 6.61. The van der Waals surface area contributed by atoms with Crippen LogP contribution < -0.4 is 5.73 Å². The van der Waals surface area contributed by atoms with E-state index in [0.717, 1.165) is 26.1 Å². The maximum Gasteiger partial charge on any atom is 0.241 e. The van der Waals surface area contributed by atoms with Crippen molar-refractivity contribution in [3.63, 3.8) is 0 Å². The van der Waals surface area contributed by atoms with Gasteiger partial charge in [0, 0.05) is 6.54 Å². The molecule has 19 heavy (non-hydrogen) atoms. The van der Waals surface area contributed by atoms with Gasteiger partial charge in [-0.3, -0.25) is 4.90 Å². The molecule has 0 saturated carbocycles. The van der Waals surface area contributed by atoms with Crippen LogP contribution in [0.5, 0.6) is 0 Å². The molecule has 6 nitrogen and oxygen atoms in total. The zero-order valence-corrected chi connectivity index (χ0v) is 11.3. The molecule has 104 valence electrons.